The minimum Gasteiger partial charge on any atom is -0.350 e. The number of rotatable bonds is 7. The summed E-state index contributed by atoms with van der Waals surface area (Å²) in [5.41, 5.74) is 7.33. The van der Waals surface area contributed by atoms with E-state index in [0.717, 1.165) is 24.1 Å². The minimum atomic E-state index is 0.0400. The maximum atomic E-state index is 12.1. The number of hydrogen-bond donors (Lipinski definition) is 2. The van der Waals surface area contributed by atoms with E-state index in [1.54, 1.807) is 11.3 Å². The second kappa shape index (κ2) is 6.53. The summed E-state index contributed by atoms with van der Waals surface area (Å²) < 4.78 is 0. The summed E-state index contributed by atoms with van der Waals surface area (Å²) in [6, 6.07) is 2.18. The number of thiophene rings is 1. The van der Waals surface area contributed by atoms with Crippen LogP contribution in [0, 0.1) is 5.92 Å². The van der Waals surface area contributed by atoms with Gasteiger partial charge in [-0.05, 0) is 43.2 Å². The summed E-state index contributed by atoms with van der Waals surface area (Å²) in [5, 5.41) is 2.97. The van der Waals surface area contributed by atoms with Gasteiger partial charge >= 0.3 is 0 Å². The molecule has 3 N–H and O–H groups in total. The predicted molar refractivity (Wildman–Crippen MR) is 80.7 cm³/mol. The normalized spacial score (nSPS) is 16.4. The van der Waals surface area contributed by atoms with Crippen molar-refractivity contribution in [3.63, 3.8) is 0 Å². The number of nitrogens with two attached hydrogens (primary N) is 1. The molecule has 0 aliphatic heterocycles. The van der Waals surface area contributed by atoms with Gasteiger partial charge in [-0.2, -0.15) is 0 Å². The van der Waals surface area contributed by atoms with Gasteiger partial charge in [-0.25, -0.2) is 0 Å². The van der Waals surface area contributed by atoms with Crippen LogP contribution in [-0.2, 0) is 12.8 Å². The number of nitrogens with one attached hydrogen (secondary N) is 1. The van der Waals surface area contributed by atoms with Gasteiger partial charge in [0, 0.05) is 17.5 Å². The molecule has 106 valence electrons. The van der Waals surface area contributed by atoms with Crippen LogP contribution >= 0.6 is 11.3 Å². The first-order valence-corrected chi connectivity index (χ1v) is 8.12. The van der Waals surface area contributed by atoms with Crippen molar-refractivity contribution in [3.05, 3.63) is 21.4 Å². The molecule has 1 atom stereocenters. The number of hydrogen-bond acceptors (Lipinski definition) is 3. The Morgan fingerprint density at radius 3 is 2.84 bits per heavy atom. The summed E-state index contributed by atoms with van der Waals surface area (Å²) in [7, 11) is 0. The van der Waals surface area contributed by atoms with E-state index in [0.29, 0.717) is 12.5 Å². The molecule has 2 rings (SSSR count). The Morgan fingerprint density at radius 2 is 2.26 bits per heavy atom. The molecule has 1 saturated carbocycles. The van der Waals surface area contributed by atoms with Crippen molar-refractivity contribution in [1.82, 2.24) is 5.32 Å². The van der Waals surface area contributed by atoms with Gasteiger partial charge in [0.25, 0.3) is 5.91 Å². The first kappa shape index (κ1) is 14.5. The van der Waals surface area contributed by atoms with E-state index in [-0.39, 0.29) is 11.9 Å². The van der Waals surface area contributed by atoms with Gasteiger partial charge in [0.2, 0.25) is 0 Å². The van der Waals surface area contributed by atoms with Crippen molar-refractivity contribution in [1.29, 1.82) is 0 Å². The number of carbonyl (C=O) groups is 1. The summed E-state index contributed by atoms with van der Waals surface area (Å²) >= 11 is 1.64. The van der Waals surface area contributed by atoms with Crippen LogP contribution in [0.2, 0.25) is 0 Å². The van der Waals surface area contributed by atoms with Crippen LogP contribution in [0.1, 0.15) is 53.2 Å². The SMILES string of the molecule is CCCc1sc(C(=O)NCC(N)C2CC2)cc1CC. The van der Waals surface area contributed by atoms with Crippen LogP contribution in [0.5, 0.6) is 0 Å². The molecule has 1 aromatic heterocycles. The van der Waals surface area contributed by atoms with E-state index in [9.17, 15) is 4.79 Å². The molecule has 0 aromatic carbocycles. The average molecular weight is 280 g/mol. The number of carbonyl (C=O) groups excluding carboxylic acids is 1. The van der Waals surface area contributed by atoms with E-state index in [1.807, 2.05) is 6.07 Å². The van der Waals surface area contributed by atoms with Crippen molar-refractivity contribution in [3.8, 4) is 0 Å². The van der Waals surface area contributed by atoms with Crippen molar-refractivity contribution in [2.45, 2.75) is 52.0 Å². The quantitative estimate of drug-likeness (QED) is 0.807. The maximum Gasteiger partial charge on any atom is 0.261 e. The summed E-state index contributed by atoms with van der Waals surface area (Å²) in [6.45, 7) is 4.92. The molecule has 1 amide bonds. The highest BCUT2D eigenvalue weighted by molar-refractivity contribution is 7.14. The molecular formula is C15H24N2OS. The van der Waals surface area contributed by atoms with E-state index in [1.165, 1.54) is 23.3 Å². The fourth-order valence-corrected chi connectivity index (χ4v) is 3.58. The standard InChI is InChI=1S/C15H24N2OS/c1-3-5-13-10(4-2)8-14(19-13)15(18)17-9-12(16)11-6-7-11/h8,11-12H,3-7,9,16H2,1-2H3,(H,17,18). The van der Waals surface area contributed by atoms with Crippen molar-refractivity contribution in [2.24, 2.45) is 11.7 Å². The van der Waals surface area contributed by atoms with E-state index >= 15 is 0 Å². The highest BCUT2D eigenvalue weighted by atomic mass is 32.1. The maximum absolute atomic E-state index is 12.1. The molecule has 1 aromatic rings. The Bertz CT molecular complexity index is 437. The lowest BCUT2D eigenvalue weighted by Crippen LogP contribution is -2.38. The minimum absolute atomic E-state index is 0.0400. The third-order valence-corrected chi connectivity index (χ3v) is 4.94. The smallest absolute Gasteiger partial charge is 0.261 e. The summed E-state index contributed by atoms with van der Waals surface area (Å²) in [4.78, 5) is 14.3. The molecular weight excluding hydrogens is 256 g/mol. The second-order valence-corrected chi connectivity index (χ2v) is 6.51. The Balaban J connectivity index is 1.93. The Kier molecular flexibility index (Phi) is 4.99. The van der Waals surface area contributed by atoms with Gasteiger partial charge in [-0.3, -0.25) is 4.79 Å². The Labute approximate surface area is 119 Å². The van der Waals surface area contributed by atoms with Gasteiger partial charge in [-0.1, -0.05) is 20.3 Å². The molecule has 0 bridgehead atoms. The Morgan fingerprint density at radius 1 is 1.53 bits per heavy atom. The van der Waals surface area contributed by atoms with Crippen LogP contribution < -0.4 is 11.1 Å². The zero-order chi connectivity index (χ0) is 13.8. The number of amides is 1. The van der Waals surface area contributed by atoms with Crippen molar-refractivity contribution in [2.75, 3.05) is 6.54 Å². The van der Waals surface area contributed by atoms with Crippen LogP contribution in [0.3, 0.4) is 0 Å². The van der Waals surface area contributed by atoms with E-state index in [4.69, 9.17) is 5.73 Å². The third-order valence-electron chi connectivity index (χ3n) is 3.70. The highest BCUT2D eigenvalue weighted by Gasteiger charge is 2.28. The molecule has 1 unspecified atom stereocenters. The lowest BCUT2D eigenvalue weighted by atomic mass is 10.1. The lowest BCUT2D eigenvalue weighted by Gasteiger charge is -2.10. The van der Waals surface area contributed by atoms with Gasteiger partial charge < -0.3 is 11.1 Å². The molecule has 1 heterocycles. The van der Waals surface area contributed by atoms with Crippen LogP contribution in [0.4, 0.5) is 0 Å². The molecule has 0 spiro atoms. The monoisotopic (exact) mass is 280 g/mol. The average Bonchev–Trinajstić information content (AvgIpc) is 3.18. The van der Waals surface area contributed by atoms with Gasteiger partial charge in [0.05, 0.1) is 4.88 Å². The molecule has 1 aliphatic rings. The molecule has 19 heavy (non-hydrogen) atoms. The topological polar surface area (TPSA) is 55.1 Å². The van der Waals surface area contributed by atoms with Crippen LogP contribution in [0.15, 0.2) is 6.07 Å². The fraction of sp³-hybridized carbons (Fsp3) is 0.667. The predicted octanol–water partition coefficient (Wildman–Crippen LogP) is 2.73. The van der Waals surface area contributed by atoms with E-state index in [2.05, 4.69) is 19.2 Å². The first-order chi connectivity index (χ1) is 9.15. The molecule has 1 fully saturated rings. The largest absolute Gasteiger partial charge is 0.350 e. The second-order valence-electron chi connectivity index (χ2n) is 5.37. The highest BCUT2D eigenvalue weighted by Crippen LogP contribution is 2.31. The molecule has 0 radical (unpaired) electrons. The van der Waals surface area contributed by atoms with Crippen LogP contribution in [0.25, 0.3) is 0 Å². The summed E-state index contributed by atoms with van der Waals surface area (Å²) in [5.74, 6) is 0.670. The van der Waals surface area contributed by atoms with E-state index < -0.39 is 0 Å². The lowest BCUT2D eigenvalue weighted by molar-refractivity contribution is 0.0954. The first-order valence-electron chi connectivity index (χ1n) is 7.31. The number of aryl methyl sites for hydroxylation is 2. The van der Waals surface area contributed by atoms with Gasteiger partial charge in [-0.15, -0.1) is 11.3 Å². The Hall–Kier alpha value is -0.870. The van der Waals surface area contributed by atoms with Crippen molar-refractivity contribution < 1.29 is 4.79 Å². The van der Waals surface area contributed by atoms with Crippen LogP contribution in [-0.4, -0.2) is 18.5 Å². The molecule has 4 heteroatoms. The van der Waals surface area contributed by atoms with Crippen molar-refractivity contribution >= 4 is 17.2 Å². The summed E-state index contributed by atoms with van der Waals surface area (Å²) in [6.07, 6.45) is 5.64. The zero-order valence-corrected chi connectivity index (χ0v) is 12.7. The fourth-order valence-electron chi connectivity index (χ4n) is 2.30. The third kappa shape index (κ3) is 3.80. The molecule has 3 nitrogen and oxygen atoms in total. The van der Waals surface area contributed by atoms with Gasteiger partial charge in [0.1, 0.15) is 0 Å². The molecule has 0 saturated heterocycles. The zero-order valence-electron chi connectivity index (χ0n) is 11.9. The molecule has 1 aliphatic carbocycles. The van der Waals surface area contributed by atoms with Gasteiger partial charge in [0.15, 0.2) is 0 Å².